The van der Waals surface area contributed by atoms with Gasteiger partial charge in [0.15, 0.2) is 9.84 Å². The van der Waals surface area contributed by atoms with E-state index in [1.54, 1.807) is 29.2 Å². The van der Waals surface area contributed by atoms with Crippen LogP contribution in [0.3, 0.4) is 0 Å². The van der Waals surface area contributed by atoms with Crippen molar-refractivity contribution < 1.29 is 21.6 Å². The molecular formula is C20H24N2O5S2. The lowest BCUT2D eigenvalue weighted by molar-refractivity contribution is 0.0703. The molecule has 1 aliphatic heterocycles. The molecule has 29 heavy (non-hydrogen) atoms. The number of hydrogen-bond donors (Lipinski definition) is 1. The first-order chi connectivity index (χ1) is 13.7. The summed E-state index contributed by atoms with van der Waals surface area (Å²) in [6.45, 7) is 2.40. The van der Waals surface area contributed by atoms with Crippen molar-refractivity contribution in [1.29, 1.82) is 0 Å². The molecule has 1 unspecified atom stereocenters. The van der Waals surface area contributed by atoms with Gasteiger partial charge in [-0.05, 0) is 49.2 Å². The average molecular weight is 437 g/mol. The van der Waals surface area contributed by atoms with Gasteiger partial charge in [0.25, 0.3) is 5.91 Å². The van der Waals surface area contributed by atoms with Crippen LogP contribution in [0.5, 0.6) is 0 Å². The van der Waals surface area contributed by atoms with E-state index in [4.69, 9.17) is 0 Å². The van der Waals surface area contributed by atoms with E-state index in [9.17, 15) is 21.6 Å². The third kappa shape index (κ3) is 5.04. The number of likely N-dealkylation sites (tertiary alicyclic amines) is 1. The number of carbonyl (C=O) groups excluding carboxylic acids is 1. The first-order valence-corrected chi connectivity index (χ1v) is 12.6. The average Bonchev–Trinajstić information content (AvgIpc) is 2.74. The van der Waals surface area contributed by atoms with Crippen LogP contribution in [0.25, 0.3) is 0 Å². The summed E-state index contributed by atoms with van der Waals surface area (Å²) in [5.41, 5.74) is 0.573. The standard InChI is InChI=1S/C20H24N2O5S2/c1-2-28(24,25)18-10-12-19(13-11-18)29(26,27)21-17-9-6-14-22(15-17)20(23)16-7-4-3-5-8-16/h3-5,7-8,10-13,17,21H,2,6,9,14-15H2,1H3. The number of rotatable bonds is 6. The lowest BCUT2D eigenvalue weighted by Gasteiger charge is -2.33. The number of carbonyl (C=O) groups is 1. The molecular weight excluding hydrogens is 412 g/mol. The molecule has 7 nitrogen and oxygen atoms in total. The van der Waals surface area contributed by atoms with Gasteiger partial charge in [-0.1, -0.05) is 25.1 Å². The summed E-state index contributed by atoms with van der Waals surface area (Å²) in [6.07, 6.45) is 1.32. The van der Waals surface area contributed by atoms with E-state index < -0.39 is 25.9 Å². The third-order valence-electron chi connectivity index (χ3n) is 4.92. The Kier molecular flexibility index (Phi) is 6.40. The lowest BCUT2D eigenvalue weighted by Crippen LogP contribution is -2.49. The van der Waals surface area contributed by atoms with E-state index in [0.717, 1.165) is 0 Å². The Morgan fingerprint density at radius 1 is 1.00 bits per heavy atom. The predicted octanol–water partition coefficient (Wildman–Crippen LogP) is 2.06. The van der Waals surface area contributed by atoms with Crippen LogP contribution < -0.4 is 4.72 Å². The topological polar surface area (TPSA) is 101 Å². The zero-order valence-corrected chi connectivity index (χ0v) is 17.7. The van der Waals surface area contributed by atoms with Gasteiger partial charge in [-0.3, -0.25) is 4.79 Å². The van der Waals surface area contributed by atoms with Gasteiger partial charge in [0, 0.05) is 24.7 Å². The summed E-state index contributed by atoms with van der Waals surface area (Å²) < 4.78 is 51.9. The Morgan fingerprint density at radius 3 is 2.24 bits per heavy atom. The molecule has 0 aromatic heterocycles. The van der Waals surface area contributed by atoms with Gasteiger partial charge in [0.2, 0.25) is 10.0 Å². The van der Waals surface area contributed by atoms with Crippen molar-refractivity contribution in [2.75, 3.05) is 18.8 Å². The van der Waals surface area contributed by atoms with E-state index in [1.165, 1.54) is 31.2 Å². The van der Waals surface area contributed by atoms with Crippen LogP contribution in [0.1, 0.15) is 30.1 Å². The molecule has 2 aromatic carbocycles. The Labute approximate surface area is 171 Å². The molecule has 1 saturated heterocycles. The quantitative estimate of drug-likeness (QED) is 0.747. The molecule has 1 atom stereocenters. The summed E-state index contributed by atoms with van der Waals surface area (Å²) in [5.74, 6) is -0.173. The van der Waals surface area contributed by atoms with Gasteiger partial charge in [0.05, 0.1) is 15.5 Å². The van der Waals surface area contributed by atoms with E-state index in [0.29, 0.717) is 24.9 Å². The van der Waals surface area contributed by atoms with Crippen molar-refractivity contribution in [3.05, 3.63) is 60.2 Å². The molecule has 1 heterocycles. The maximum absolute atomic E-state index is 12.7. The van der Waals surface area contributed by atoms with Crippen molar-refractivity contribution >= 4 is 25.8 Å². The second kappa shape index (κ2) is 8.64. The third-order valence-corrected chi connectivity index (χ3v) is 8.21. The van der Waals surface area contributed by atoms with Gasteiger partial charge in [-0.15, -0.1) is 0 Å². The van der Waals surface area contributed by atoms with Crippen molar-refractivity contribution in [1.82, 2.24) is 9.62 Å². The number of amides is 1. The summed E-state index contributed by atoms with van der Waals surface area (Å²) in [5, 5.41) is 0. The molecule has 2 aromatic rings. The van der Waals surface area contributed by atoms with Gasteiger partial charge in [-0.25, -0.2) is 21.6 Å². The molecule has 0 bridgehead atoms. The molecule has 1 N–H and O–H groups in total. The number of benzene rings is 2. The molecule has 0 radical (unpaired) electrons. The highest BCUT2D eigenvalue weighted by Gasteiger charge is 2.28. The van der Waals surface area contributed by atoms with Crippen molar-refractivity contribution in [3.8, 4) is 0 Å². The number of hydrogen-bond acceptors (Lipinski definition) is 5. The van der Waals surface area contributed by atoms with E-state index in [1.807, 2.05) is 6.07 Å². The second-order valence-electron chi connectivity index (χ2n) is 6.95. The highest BCUT2D eigenvalue weighted by atomic mass is 32.2. The van der Waals surface area contributed by atoms with Gasteiger partial charge in [0.1, 0.15) is 0 Å². The molecule has 3 rings (SSSR count). The van der Waals surface area contributed by atoms with Gasteiger partial charge < -0.3 is 4.90 Å². The first-order valence-electron chi connectivity index (χ1n) is 9.42. The van der Waals surface area contributed by atoms with Crippen LogP contribution in [0.15, 0.2) is 64.4 Å². The number of sulfone groups is 1. The van der Waals surface area contributed by atoms with Gasteiger partial charge >= 0.3 is 0 Å². The number of sulfonamides is 1. The second-order valence-corrected chi connectivity index (χ2v) is 10.9. The normalized spacial score (nSPS) is 17.8. The zero-order valence-electron chi connectivity index (χ0n) is 16.1. The maximum atomic E-state index is 12.7. The smallest absolute Gasteiger partial charge is 0.253 e. The number of nitrogens with zero attached hydrogens (tertiary/aromatic N) is 1. The Morgan fingerprint density at radius 2 is 1.62 bits per heavy atom. The molecule has 0 saturated carbocycles. The Hall–Kier alpha value is -2.23. The monoisotopic (exact) mass is 436 g/mol. The molecule has 1 aliphatic rings. The van der Waals surface area contributed by atoms with E-state index in [2.05, 4.69) is 4.72 Å². The SMILES string of the molecule is CCS(=O)(=O)c1ccc(S(=O)(=O)NC2CCCN(C(=O)c3ccccc3)C2)cc1. The zero-order chi connectivity index (χ0) is 21.1. The minimum absolute atomic E-state index is 0.000868. The van der Waals surface area contributed by atoms with Crippen LogP contribution >= 0.6 is 0 Å². The Balaban J connectivity index is 1.71. The van der Waals surface area contributed by atoms with Crippen LogP contribution in [-0.4, -0.2) is 52.5 Å². The summed E-state index contributed by atoms with van der Waals surface area (Å²) in [6, 6.07) is 13.7. The highest BCUT2D eigenvalue weighted by molar-refractivity contribution is 7.91. The largest absolute Gasteiger partial charge is 0.337 e. The summed E-state index contributed by atoms with van der Waals surface area (Å²) in [7, 11) is -7.22. The Bertz CT molecular complexity index is 1070. The van der Waals surface area contributed by atoms with E-state index in [-0.39, 0.29) is 28.0 Å². The predicted molar refractivity (Wildman–Crippen MR) is 110 cm³/mol. The molecule has 156 valence electrons. The van der Waals surface area contributed by atoms with Crippen molar-refractivity contribution in [3.63, 3.8) is 0 Å². The van der Waals surface area contributed by atoms with Crippen molar-refractivity contribution in [2.24, 2.45) is 0 Å². The fourth-order valence-corrected chi connectivity index (χ4v) is 5.45. The molecule has 0 aliphatic carbocycles. The summed E-state index contributed by atoms with van der Waals surface area (Å²) in [4.78, 5) is 14.4. The van der Waals surface area contributed by atoms with Crippen LogP contribution in [0, 0.1) is 0 Å². The van der Waals surface area contributed by atoms with Crippen LogP contribution in [-0.2, 0) is 19.9 Å². The fourth-order valence-electron chi connectivity index (χ4n) is 3.30. The maximum Gasteiger partial charge on any atom is 0.253 e. The molecule has 1 amide bonds. The van der Waals surface area contributed by atoms with Crippen LogP contribution in [0.2, 0.25) is 0 Å². The minimum atomic E-state index is -3.83. The van der Waals surface area contributed by atoms with E-state index >= 15 is 0 Å². The lowest BCUT2D eigenvalue weighted by atomic mass is 10.1. The van der Waals surface area contributed by atoms with Crippen molar-refractivity contribution in [2.45, 2.75) is 35.6 Å². The highest BCUT2D eigenvalue weighted by Crippen LogP contribution is 2.19. The van der Waals surface area contributed by atoms with Gasteiger partial charge in [-0.2, -0.15) is 0 Å². The summed E-state index contributed by atoms with van der Waals surface area (Å²) >= 11 is 0. The minimum Gasteiger partial charge on any atom is -0.337 e. The molecule has 0 spiro atoms. The molecule has 1 fully saturated rings. The van der Waals surface area contributed by atoms with Crippen LogP contribution in [0.4, 0.5) is 0 Å². The number of nitrogens with one attached hydrogen (secondary N) is 1. The molecule has 9 heteroatoms. The number of piperidine rings is 1. The fraction of sp³-hybridized carbons (Fsp3) is 0.350. The first kappa shape index (κ1) is 21.5.